The molecule has 0 fully saturated rings. The lowest BCUT2D eigenvalue weighted by Gasteiger charge is -2.23. The highest BCUT2D eigenvalue weighted by Gasteiger charge is 2.20. The molecule has 0 aliphatic heterocycles. The predicted molar refractivity (Wildman–Crippen MR) is 90.3 cm³/mol. The Bertz CT molecular complexity index is 585. The van der Waals surface area contributed by atoms with E-state index in [1.807, 2.05) is 20.8 Å². The smallest absolute Gasteiger partial charge is 0.315 e. The van der Waals surface area contributed by atoms with Crippen LogP contribution in [-0.4, -0.2) is 30.1 Å². The first-order valence-electron chi connectivity index (χ1n) is 7.90. The minimum Gasteiger partial charge on any atom is -0.491 e. The average Bonchev–Trinajstić information content (AvgIpc) is 2.46. The van der Waals surface area contributed by atoms with Crippen molar-refractivity contribution in [3.8, 4) is 5.75 Å². The summed E-state index contributed by atoms with van der Waals surface area (Å²) in [6.07, 6.45) is 0. The molecule has 1 aromatic carbocycles. The molecule has 0 bridgehead atoms. The Labute approximate surface area is 142 Å². The van der Waals surface area contributed by atoms with Crippen LogP contribution in [0.1, 0.15) is 40.2 Å². The van der Waals surface area contributed by atoms with E-state index in [1.165, 1.54) is 12.1 Å². The summed E-state index contributed by atoms with van der Waals surface area (Å²) < 4.78 is 18.8. The van der Waals surface area contributed by atoms with Crippen molar-refractivity contribution in [3.63, 3.8) is 0 Å². The maximum Gasteiger partial charge on any atom is 0.315 e. The highest BCUT2D eigenvalue weighted by molar-refractivity contribution is 5.87. The summed E-state index contributed by atoms with van der Waals surface area (Å²) in [5, 5.41) is 7.91. The fourth-order valence-electron chi connectivity index (χ4n) is 1.90. The van der Waals surface area contributed by atoms with E-state index >= 15 is 0 Å². The zero-order chi connectivity index (χ0) is 18.3. The van der Waals surface area contributed by atoms with E-state index in [0.29, 0.717) is 12.2 Å². The second-order valence-electron chi connectivity index (χ2n) is 6.49. The third-order valence-electron chi connectivity index (χ3n) is 2.99. The van der Waals surface area contributed by atoms with Gasteiger partial charge >= 0.3 is 6.03 Å². The first-order valence-corrected chi connectivity index (χ1v) is 7.90. The fourth-order valence-corrected chi connectivity index (χ4v) is 1.90. The van der Waals surface area contributed by atoms with Gasteiger partial charge in [0.2, 0.25) is 5.91 Å². The quantitative estimate of drug-likeness (QED) is 0.744. The van der Waals surface area contributed by atoms with Crippen LogP contribution in [-0.2, 0) is 11.3 Å². The van der Waals surface area contributed by atoms with E-state index in [-0.39, 0.29) is 23.7 Å². The highest BCUT2D eigenvalue weighted by atomic mass is 19.1. The van der Waals surface area contributed by atoms with Gasteiger partial charge in [-0.2, -0.15) is 0 Å². The summed E-state index contributed by atoms with van der Waals surface area (Å²) in [4.78, 5) is 23.7. The van der Waals surface area contributed by atoms with Crippen LogP contribution in [0.25, 0.3) is 0 Å². The van der Waals surface area contributed by atoms with Gasteiger partial charge in [0.15, 0.2) is 11.6 Å². The Morgan fingerprint density at radius 2 is 1.96 bits per heavy atom. The molecule has 0 radical (unpaired) electrons. The van der Waals surface area contributed by atoms with Gasteiger partial charge in [-0.3, -0.25) is 4.79 Å². The topological polar surface area (TPSA) is 79.5 Å². The minimum absolute atomic E-state index is 0.142. The van der Waals surface area contributed by atoms with E-state index in [2.05, 4.69) is 16.0 Å². The Hall–Kier alpha value is -2.31. The van der Waals surface area contributed by atoms with E-state index in [4.69, 9.17) is 4.74 Å². The second-order valence-corrected chi connectivity index (χ2v) is 6.49. The van der Waals surface area contributed by atoms with Crippen molar-refractivity contribution in [2.75, 3.05) is 6.61 Å². The third-order valence-corrected chi connectivity index (χ3v) is 2.99. The van der Waals surface area contributed by atoms with Crippen molar-refractivity contribution < 1.29 is 18.7 Å². The number of carbonyl (C=O) groups is 2. The van der Waals surface area contributed by atoms with Gasteiger partial charge in [0.05, 0.1) is 6.61 Å². The normalized spacial score (nSPS) is 12.2. The van der Waals surface area contributed by atoms with E-state index in [0.717, 1.165) is 0 Å². The zero-order valence-corrected chi connectivity index (χ0v) is 14.8. The summed E-state index contributed by atoms with van der Waals surface area (Å²) in [5.74, 6) is -0.572. The minimum atomic E-state index is -0.679. The van der Waals surface area contributed by atoms with Gasteiger partial charge in [-0.15, -0.1) is 0 Å². The van der Waals surface area contributed by atoms with Gasteiger partial charge in [0.25, 0.3) is 0 Å². The van der Waals surface area contributed by atoms with Crippen LogP contribution in [0, 0.1) is 5.82 Å². The summed E-state index contributed by atoms with van der Waals surface area (Å²) in [6.45, 7) is 9.47. The molecule has 0 aliphatic carbocycles. The summed E-state index contributed by atoms with van der Waals surface area (Å²) >= 11 is 0. The second kappa shape index (κ2) is 8.52. The van der Waals surface area contributed by atoms with Crippen LogP contribution >= 0.6 is 0 Å². The van der Waals surface area contributed by atoms with Gasteiger partial charge in [0, 0.05) is 12.1 Å². The molecule has 0 saturated heterocycles. The molecule has 0 unspecified atom stereocenters. The van der Waals surface area contributed by atoms with Crippen molar-refractivity contribution in [3.05, 3.63) is 29.6 Å². The lowest BCUT2D eigenvalue weighted by atomic mass is 10.1. The molecular weight excluding hydrogens is 313 g/mol. The number of rotatable bonds is 6. The summed E-state index contributed by atoms with van der Waals surface area (Å²) in [5.41, 5.74) is 0.224. The molecule has 0 saturated carbocycles. The van der Waals surface area contributed by atoms with E-state index in [9.17, 15) is 14.0 Å². The van der Waals surface area contributed by atoms with Crippen molar-refractivity contribution in [1.29, 1.82) is 0 Å². The molecule has 1 rings (SSSR count). The molecular formula is C17H26FN3O3. The number of urea groups is 1. The number of halogens is 1. The maximum atomic E-state index is 13.7. The standard InChI is InChI=1S/C17H26FN3O3/c1-6-24-14-8-7-12(9-13(14)18)10-19-16(23)20-11(2)15(22)21-17(3,4)5/h7-9,11H,6,10H2,1-5H3,(H,21,22)(H2,19,20,23)/t11-/m0/s1. The SMILES string of the molecule is CCOc1ccc(CNC(=O)N[C@@H](C)C(=O)NC(C)(C)C)cc1F. The highest BCUT2D eigenvalue weighted by Crippen LogP contribution is 2.18. The largest absolute Gasteiger partial charge is 0.491 e. The maximum absolute atomic E-state index is 13.7. The number of benzene rings is 1. The van der Waals surface area contributed by atoms with Crippen molar-refractivity contribution in [1.82, 2.24) is 16.0 Å². The average molecular weight is 339 g/mol. The number of hydrogen-bond acceptors (Lipinski definition) is 3. The number of amides is 3. The Morgan fingerprint density at radius 3 is 2.50 bits per heavy atom. The van der Waals surface area contributed by atoms with Crippen LogP contribution in [0.5, 0.6) is 5.75 Å². The van der Waals surface area contributed by atoms with Crippen molar-refractivity contribution in [2.24, 2.45) is 0 Å². The molecule has 6 nitrogen and oxygen atoms in total. The van der Waals surface area contributed by atoms with Crippen LogP contribution in [0.3, 0.4) is 0 Å². The van der Waals surface area contributed by atoms with Crippen molar-refractivity contribution >= 4 is 11.9 Å². The van der Waals surface area contributed by atoms with Gasteiger partial charge in [0.1, 0.15) is 6.04 Å². The monoisotopic (exact) mass is 339 g/mol. The van der Waals surface area contributed by atoms with Crippen LogP contribution < -0.4 is 20.7 Å². The number of nitrogens with one attached hydrogen (secondary N) is 3. The molecule has 7 heteroatoms. The van der Waals surface area contributed by atoms with Gasteiger partial charge in [-0.25, -0.2) is 9.18 Å². The fraction of sp³-hybridized carbons (Fsp3) is 0.529. The lowest BCUT2D eigenvalue weighted by Crippen LogP contribution is -2.52. The van der Waals surface area contributed by atoms with Crippen molar-refractivity contribution in [2.45, 2.75) is 52.7 Å². The third kappa shape index (κ3) is 6.85. The molecule has 3 amide bonds. The Kier molecular flexibility index (Phi) is 7.00. The van der Waals surface area contributed by atoms with Crippen LogP contribution in [0.15, 0.2) is 18.2 Å². The molecule has 134 valence electrons. The first kappa shape index (κ1) is 19.7. The van der Waals surface area contributed by atoms with Gasteiger partial charge < -0.3 is 20.7 Å². The zero-order valence-electron chi connectivity index (χ0n) is 14.8. The van der Waals surface area contributed by atoms with Crippen LogP contribution in [0.2, 0.25) is 0 Å². The summed E-state index contributed by atoms with van der Waals surface area (Å²) in [7, 11) is 0. The number of ether oxygens (including phenoxy) is 1. The molecule has 0 aromatic heterocycles. The van der Waals surface area contributed by atoms with E-state index < -0.39 is 17.9 Å². The number of hydrogen-bond donors (Lipinski definition) is 3. The molecule has 1 atom stereocenters. The van der Waals surface area contributed by atoms with Gasteiger partial charge in [-0.05, 0) is 52.3 Å². The first-order chi connectivity index (χ1) is 11.1. The van der Waals surface area contributed by atoms with E-state index in [1.54, 1.807) is 19.9 Å². The number of carbonyl (C=O) groups excluding carboxylic acids is 2. The molecule has 1 aromatic rings. The Balaban J connectivity index is 2.48. The molecule has 0 aliphatic rings. The predicted octanol–water partition coefficient (Wildman–Crippen LogP) is 2.33. The Morgan fingerprint density at radius 1 is 1.29 bits per heavy atom. The van der Waals surface area contributed by atoms with Crippen LogP contribution in [0.4, 0.5) is 9.18 Å². The molecule has 0 heterocycles. The summed E-state index contributed by atoms with van der Waals surface area (Å²) in [6, 6.07) is 3.32. The molecule has 24 heavy (non-hydrogen) atoms. The van der Waals surface area contributed by atoms with Gasteiger partial charge in [-0.1, -0.05) is 6.07 Å². The molecule has 3 N–H and O–H groups in total. The molecule has 0 spiro atoms. The lowest BCUT2D eigenvalue weighted by molar-refractivity contribution is -0.123.